The van der Waals surface area contributed by atoms with Crippen LogP contribution in [0.5, 0.6) is 0 Å². The minimum absolute atomic E-state index is 0.0127. The summed E-state index contributed by atoms with van der Waals surface area (Å²) in [6.45, 7) is 1.67. The molecule has 17 heteroatoms. The minimum atomic E-state index is -4.79. The summed E-state index contributed by atoms with van der Waals surface area (Å²) in [4.78, 5) is 14.5. The number of aromatic nitrogens is 3. The van der Waals surface area contributed by atoms with Crippen LogP contribution in [0.2, 0.25) is 5.02 Å². The Morgan fingerprint density at radius 3 is 2.19 bits per heavy atom. The number of hydrogen-bond donors (Lipinski definition) is 4. The smallest absolute Gasteiger partial charge is 0.387 e. The maximum atomic E-state index is 13.0. The number of nitriles is 2. The van der Waals surface area contributed by atoms with Gasteiger partial charge in [0.25, 0.3) is 0 Å². The monoisotopic (exact) mass is 846 g/mol. The maximum Gasteiger partial charge on any atom is 0.472 e. The molecule has 3 aromatic rings. The van der Waals surface area contributed by atoms with Crippen LogP contribution in [-0.4, -0.2) is 80.5 Å². The molecule has 2 aromatic heterocycles. The molecule has 6 atom stereocenters. The molecule has 3 heterocycles. The number of halogens is 1. The van der Waals surface area contributed by atoms with Gasteiger partial charge in [-0.25, -0.2) is 14.1 Å². The van der Waals surface area contributed by atoms with E-state index in [1.54, 1.807) is 12.1 Å². The predicted octanol–water partition coefficient (Wildman–Crippen LogP) is 7.67. The zero-order valence-corrected chi connectivity index (χ0v) is 35.2. The van der Waals surface area contributed by atoms with Gasteiger partial charge < -0.3 is 35.1 Å². The average Bonchev–Trinajstić information content (AvgIpc) is 3.77. The van der Waals surface area contributed by atoms with Crippen molar-refractivity contribution in [3.05, 3.63) is 58.5 Å². The molecule has 15 nitrogen and oxygen atoms in total. The molecule has 1 saturated heterocycles. The van der Waals surface area contributed by atoms with Crippen molar-refractivity contribution in [2.45, 2.75) is 146 Å². The number of aliphatic hydroxyl groups is 2. The van der Waals surface area contributed by atoms with Crippen molar-refractivity contribution in [2.75, 3.05) is 32.2 Å². The molecule has 0 spiro atoms. The van der Waals surface area contributed by atoms with E-state index in [0.717, 1.165) is 25.6 Å². The highest BCUT2D eigenvalue weighted by Crippen LogP contribution is 2.46. The molecule has 320 valence electrons. The number of rotatable bonds is 29. The van der Waals surface area contributed by atoms with Gasteiger partial charge in [0.15, 0.2) is 5.82 Å². The Kier molecular flexibility index (Phi) is 20.3. The molecular weight excluding hydrogens is 787 g/mol. The van der Waals surface area contributed by atoms with Gasteiger partial charge in [-0.3, -0.25) is 9.05 Å². The molecule has 1 aliphatic heterocycles. The van der Waals surface area contributed by atoms with Crippen LogP contribution in [0, 0.1) is 22.7 Å². The number of anilines is 1. The highest BCUT2D eigenvalue weighted by atomic mass is 35.5. The molecule has 4 rings (SSSR count). The number of hydrogen-bond acceptors (Lipinski definition) is 13. The number of phosphoric acid groups is 1. The molecule has 1 fully saturated rings. The van der Waals surface area contributed by atoms with E-state index in [4.69, 9.17) is 40.6 Å². The molecule has 58 heavy (non-hydrogen) atoms. The van der Waals surface area contributed by atoms with Crippen LogP contribution in [0.3, 0.4) is 0 Å². The third-order valence-electron chi connectivity index (χ3n) is 10.4. The first-order chi connectivity index (χ1) is 28.0. The molecule has 5 N–H and O–H groups in total. The molecule has 1 aliphatic rings. The second-order valence-electron chi connectivity index (χ2n) is 14.9. The summed E-state index contributed by atoms with van der Waals surface area (Å²) < 4.78 is 42.5. The lowest BCUT2D eigenvalue weighted by atomic mass is 9.92. The summed E-state index contributed by atoms with van der Waals surface area (Å²) in [6, 6.07) is 11.7. The first-order valence-corrected chi connectivity index (χ1v) is 22.5. The Bertz CT molecular complexity index is 1820. The van der Waals surface area contributed by atoms with Crippen molar-refractivity contribution < 1.29 is 42.9 Å². The van der Waals surface area contributed by atoms with Crippen molar-refractivity contribution in [3.63, 3.8) is 0 Å². The van der Waals surface area contributed by atoms with Gasteiger partial charge in [0.05, 0.1) is 43.8 Å². The maximum absolute atomic E-state index is 13.0. The summed E-state index contributed by atoms with van der Waals surface area (Å²) >= 11 is 6.34. The van der Waals surface area contributed by atoms with E-state index < -0.39 is 51.1 Å². The molecule has 0 aliphatic carbocycles. The number of nitrogen functional groups attached to an aromatic ring is 1. The fourth-order valence-corrected chi connectivity index (χ4v) is 7.99. The number of fused-ring (bicyclic) bond motifs is 1. The van der Waals surface area contributed by atoms with Crippen LogP contribution in [-0.2, 0) is 40.0 Å². The molecule has 0 amide bonds. The average molecular weight is 847 g/mol. The van der Waals surface area contributed by atoms with Gasteiger partial charge in [0.1, 0.15) is 42.3 Å². The van der Waals surface area contributed by atoms with Crippen LogP contribution < -0.4 is 5.73 Å². The van der Waals surface area contributed by atoms with Gasteiger partial charge in [0.2, 0.25) is 5.60 Å². The van der Waals surface area contributed by atoms with Gasteiger partial charge >= 0.3 is 7.82 Å². The second kappa shape index (κ2) is 24.8. The number of unbranched alkanes of at least 4 members (excludes halogenated alkanes) is 15. The van der Waals surface area contributed by atoms with Gasteiger partial charge in [-0.05, 0) is 36.2 Å². The lowest BCUT2D eigenvalue weighted by Crippen LogP contribution is -2.41. The van der Waals surface area contributed by atoms with Crippen LogP contribution in [0.15, 0.2) is 36.7 Å². The Hall–Kier alpha value is -3.18. The predicted molar refractivity (Wildman–Crippen MR) is 218 cm³/mol. The first-order valence-electron chi connectivity index (χ1n) is 20.6. The van der Waals surface area contributed by atoms with Crippen LogP contribution >= 0.6 is 19.4 Å². The number of benzene rings is 1. The van der Waals surface area contributed by atoms with E-state index in [9.17, 15) is 30.2 Å². The Balaban J connectivity index is 1.20. The number of phosphoric ester groups is 1. The fourth-order valence-electron chi connectivity index (χ4n) is 6.99. The van der Waals surface area contributed by atoms with Crippen molar-refractivity contribution in [1.82, 2.24) is 14.6 Å². The van der Waals surface area contributed by atoms with Gasteiger partial charge in [0, 0.05) is 11.6 Å². The van der Waals surface area contributed by atoms with Gasteiger partial charge in [-0.15, -0.1) is 0 Å². The normalized spacial score (nSPS) is 20.8. The van der Waals surface area contributed by atoms with Crippen molar-refractivity contribution in [3.8, 4) is 12.1 Å². The zero-order chi connectivity index (χ0) is 41.8. The number of nitrogens with zero attached hydrogens (tertiary/aromatic N) is 5. The summed E-state index contributed by atoms with van der Waals surface area (Å²) in [7, 11) is -4.79. The first kappa shape index (κ1) is 47.5. The third-order valence-corrected chi connectivity index (χ3v) is 11.7. The quantitative estimate of drug-likeness (QED) is 0.0388. The summed E-state index contributed by atoms with van der Waals surface area (Å²) in [5.41, 5.74) is 5.20. The highest BCUT2D eigenvalue weighted by Gasteiger charge is 2.58. The van der Waals surface area contributed by atoms with Crippen molar-refractivity contribution in [2.24, 2.45) is 0 Å². The Labute approximate surface area is 347 Å². The summed E-state index contributed by atoms with van der Waals surface area (Å²) in [5.74, 6) is 0.119. The van der Waals surface area contributed by atoms with Crippen LogP contribution in [0.1, 0.15) is 126 Å². The second-order valence-corrected chi connectivity index (χ2v) is 16.8. The van der Waals surface area contributed by atoms with Gasteiger partial charge in [-0.1, -0.05) is 121 Å². The highest BCUT2D eigenvalue weighted by molar-refractivity contribution is 7.47. The number of ether oxygens (including phenoxy) is 3. The molecule has 1 aromatic carbocycles. The third kappa shape index (κ3) is 14.2. The molecule has 0 radical (unpaired) electrons. The lowest BCUT2D eigenvalue weighted by molar-refractivity contribution is -0.0690. The van der Waals surface area contributed by atoms with E-state index in [1.165, 1.54) is 106 Å². The van der Waals surface area contributed by atoms with E-state index >= 15 is 0 Å². The topological polar surface area (TPSA) is 228 Å². The van der Waals surface area contributed by atoms with Crippen LogP contribution in [0.25, 0.3) is 5.52 Å². The fraction of sp³-hybridized carbons (Fsp3) is 0.659. The Morgan fingerprint density at radius 2 is 1.59 bits per heavy atom. The molecular formula is C41H60ClN6O9P. The summed E-state index contributed by atoms with van der Waals surface area (Å²) in [6.07, 6.45) is 15.7. The molecule has 0 bridgehead atoms. The summed E-state index contributed by atoms with van der Waals surface area (Å²) in [5, 5.41) is 45.5. The molecule has 0 saturated carbocycles. The van der Waals surface area contributed by atoms with Crippen LogP contribution in [0.4, 0.5) is 5.82 Å². The number of aliphatic hydroxyl groups excluding tert-OH is 2. The van der Waals surface area contributed by atoms with Crippen molar-refractivity contribution in [1.29, 1.82) is 10.5 Å². The standard InChI is InChI=1S/C41H60ClN6O9P/c1-2-3-4-5-6-7-8-9-10-11-12-13-14-15-16-17-22-53-26-33(54-25-32-19-18-31(24-43)23-34(32)42)27-55-58(51,52)56-28-36-38(49)39(50)41(29-44,57-36)37-21-20-35-40(45)46-30-47-48(35)37/h18-21,23,30,33,36,38-39,49-50H,2-17,22,25-28H2,1H3,(H,51,52)(H2,45,46,47)/t33-,36-,38-,39-,41+/m1/s1. The van der Waals surface area contributed by atoms with E-state index in [0.29, 0.717) is 28.3 Å². The largest absolute Gasteiger partial charge is 0.472 e. The zero-order valence-electron chi connectivity index (χ0n) is 33.6. The van der Waals surface area contributed by atoms with E-state index in [1.807, 2.05) is 12.1 Å². The van der Waals surface area contributed by atoms with Crippen molar-refractivity contribution >= 4 is 30.8 Å². The Morgan fingerprint density at radius 1 is 0.948 bits per heavy atom. The SMILES string of the molecule is CCCCCCCCCCCCCCCCCCOC[C@H](COP(=O)(O)OC[C@H]1O[C@@](C#N)(c2ccc3c(N)ncnn23)[C@H](O)[C@@H]1O)OCc1ccc(C#N)cc1Cl. The molecule has 1 unspecified atom stereocenters. The van der Waals surface area contributed by atoms with E-state index in [-0.39, 0.29) is 24.7 Å². The lowest BCUT2D eigenvalue weighted by Gasteiger charge is -2.24. The van der Waals surface area contributed by atoms with E-state index in [2.05, 4.69) is 17.0 Å². The van der Waals surface area contributed by atoms with Gasteiger partial charge in [-0.2, -0.15) is 15.6 Å². The minimum Gasteiger partial charge on any atom is -0.387 e. The number of nitrogens with two attached hydrogens (primary N) is 1.